The molecule has 2 nitrogen and oxygen atoms in total. The number of ether oxygens (including phenoxy) is 1. The molecule has 0 aliphatic carbocycles. The van der Waals surface area contributed by atoms with Gasteiger partial charge in [0.25, 0.3) is 0 Å². The third-order valence-corrected chi connectivity index (χ3v) is 3.88. The average molecular weight is 333 g/mol. The maximum absolute atomic E-state index is 12.2. The van der Waals surface area contributed by atoms with E-state index in [2.05, 4.69) is 22.9 Å². The van der Waals surface area contributed by atoms with E-state index in [-0.39, 0.29) is 5.78 Å². The SMILES string of the molecule is CCc1ccc(C(=O)Cc2ccc(OC)c(Br)c2)cc1. The Labute approximate surface area is 127 Å². The average Bonchev–Trinajstić information content (AvgIpc) is 2.47. The highest BCUT2D eigenvalue weighted by Crippen LogP contribution is 2.26. The van der Waals surface area contributed by atoms with Crippen LogP contribution in [0.15, 0.2) is 46.9 Å². The zero-order chi connectivity index (χ0) is 14.5. The standard InChI is InChI=1S/C17H17BrO2/c1-3-12-4-7-14(8-5-12)16(19)11-13-6-9-17(20-2)15(18)10-13/h4-10H,3,11H2,1-2H3. The van der Waals surface area contributed by atoms with Crippen LogP contribution in [-0.2, 0) is 12.8 Å². The Morgan fingerprint density at radius 2 is 1.75 bits per heavy atom. The van der Waals surface area contributed by atoms with Crippen LogP contribution in [0.25, 0.3) is 0 Å². The molecular weight excluding hydrogens is 316 g/mol. The van der Waals surface area contributed by atoms with Crippen LogP contribution in [-0.4, -0.2) is 12.9 Å². The number of hydrogen-bond acceptors (Lipinski definition) is 2. The highest BCUT2D eigenvalue weighted by atomic mass is 79.9. The molecule has 0 unspecified atom stereocenters. The minimum absolute atomic E-state index is 0.129. The highest BCUT2D eigenvalue weighted by molar-refractivity contribution is 9.10. The van der Waals surface area contributed by atoms with Crippen molar-refractivity contribution < 1.29 is 9.53 Å². The van der Waals surface area contributed by atoms with Crippen molar-refractivity contribution >= 4 is 21.7 Å². The molecule has 0 N–H and O–H groups in total. The molecular formula is C17H17BrO2. The Bertz CT molecular complexity index is 603. The molecule has 0 saturated heterocycles. The van der Waals surface area contributed by atoms with Crippen molar-refractivity contribution in [2.45, 2.75) is 19.8 Å². The number of halogens is 1. The smallest absolute Gasteiger partial charge is 0.167 e. The van der Waals surface area contributed by atoms with Gasteiger partial charge < -0.3 is 4.74 Å². The van der Waals surface area contributed by atoms with Crippen LogP contribution in [0.3, 0.4) is 0 Å². The summed E-state index contributed by atoms with van der Waals surface area (Å²) in [5.41, 5.74) is 2.98. The van der Waals surface area contributed by atoms with Crippen LogP contribution >= 0.6 is 15.9 Å². The highest BCUT2D eigenvalue weighted by Gasteiger charge is 2.09. The summed E-state index contributed by atoms with van der Waals surface area (Å²) in [7, 11) is 1.63. The molecule has 2 rings (SSSR count). The molecule has 2 aromatic carbocycles. The summed E-state index contributed by atoms with van der Waals surface area (Å²) in [5, 5.41) is 0. The van der Waals surface area contributed by atoms with Gasteiger partial charge in [0, 0.05) is 12.0 Å². The van der Waals surface area contributed by atoms with Gasteiger partial charge in [-0.2, -0.15) is 0 Å². The second-order valence-corrected chi connectivity index (χ2v) is 5.47. The maximum Gasteiger partial charge on any atom is 0.167 e. The summed E-state index contributed by atoms with van der Waals surface area (Å²) in [4.78, 5) is 12.2. The molecule has 0 fully saturated rings. The van der Waals surface area contributed by atoms with Gasteiger partial charge in [0.2, 0.25) is 0 Å². The number of rotatable bonds is 5. The Morgan fingerprint density at radius 1 is 1.10 bits per heavy atom. The predicted molar refractivity (Wildman–Crippen MR) is 84.5 cm³/mol. The Hall–Kier alpha value is -1.61. The molecule has 2 aromatic rings. The first-order valence-electron chi connectivity index (χ1n) is 6.58. The van der Waals surface area contributed by atoms with Gasteiger partial charge >= 0.3 is 0 Å². The lowest BCUT2D eigenvalue weighted by atomic mass is 10.0. The number of Topliss-reactive ketones (excluding diaryl/α,β-unsaturated/α-hetero) is 1. The summed E-state index contributed by atoms with van der Waals surface area (Å²) >= 11 is 3.44. The number of benzene rings is 2. The summed E-state index contributed by atoms with van der Waals surface area (Å²) in [5.74, 6) is 0.901. The van der Waals surface area contributed by atoms with E-state index in [9.17, 15) is 4.79 Å². The molecule has 0 heterocycles. The molecule has 0 aromatic heterocycles. The van der Waals surface area contributed by atoms with Crippen molar-refractivity contribution in [3.8, 4) is 5.75 Å². The van der Waals surface area contributed by atoms with Crippen molar-refractivity contribution in [1.29, 1.82) is 0 Å². The van der Waals surface area contributed by atoms with Crippen molar-refractivity contribution in [2.24, 2.45) is 0 Å². The molecule has 0 radical (unpaired) electrons. The molecule has 0 aliphatic rings. The summed E-state index contributed by atoms with van der Waals surface area (Å²) < 4.78 is 6.05. The maximum atomic E-state index is 12.2. The quantitative estimate of drug-likeness (QED) is 0.756. The molecule has 0 aliphatic heterocycles. The van der Waals surface area contributed by atoms with Crippen LogP contribution in [0.4, 0.5) is 0 Å². The van der Waals surface area contributed by atoms with Crippen molar-refractivity contribution in [2.75, 3.05) is 7.11 Å². The largest absolute Gasteiger partial charge is 0.496 e. The van der Waals surface area contributed by atoms with E-state index >= 15 is 0 Å². The van der Waals surface area contributed by atoms with Crippen molar-refractivity contribution in [1.82, 2.24) is 0 Å². The molecule has 0 atom stereocenters. The van der Waals surface area contributed by atoms with Gasteiger partial charge in [-0.25, -0.2) is 0 Å². The second kappa shape index (κ2) is 6.71. The fraction of sp³-hybridized carbons (Fsp3) is 0.235. The fourth-order valence-electron chi connectivity index (χ4n) is 2.03. The van der Waals surface area contributed by atoms with Crippen LogP contribution in [0.5, 0.6) is 5.75 Å². The summed E-state index contributed by atoms with van der Waals surface area (Å²) in [6.45, 7) is 2.10. The Morgan fingerprint density at radius 3 is 2.30 bits per heavy atom. The number of ketones is 1. The minimum Gasteiger partial charge on any atom is -0.496 e. The van der Waals surface area contributed by atoms with Gasteiger partial charge in [-0.1, -0.05) is 37.3 Å². The first-order chi connectivity index (χ1) is 9.63. The summed E-state index contributed by atoms with van der Waals surface area (Å²) in [6, 6.07) is 13.5. The molecule has 20 heavy (non-hydrogen) atoms. The minimum atomic E-state index is 0.129. The van der Waals surface area contributed by atoms with Gasteiger partial charge in [0.15, 0.2) is 5.78 Å². The number of carbonyl (C=O) groups excluding carboxylic acids is 1. The zero-order valence-corrected chi connectivity index (χ0v) is 13.2. The third-order valence-electron chi connectivity index (χ3n) is 3.27. The van der Waals surface area contributed by atoms with Crippen molar-refractivity contribution in [3.05, 3.63) is 63.6 Å². The monoisotopic (exact) mass is 332 g/mol. The summed E-state index contributed by atoms with van der Waals surface area (Å²) in [6.07, 6.45) is 1.38. The van der Waals surface area contributed by atoms with Crippen LogP contribution in [0.2, 0.25) is 0 Å². The van der Waals surface area contributed by atoms with E-state index in [1.165, 1.54) is 5.56 Å². The molecule has 0 saturated carbocycles. The fourth-order valence-corrected chi connectivity index (χ4v) is 2.62. The first kappa shape index (κ1) is 14.8. The molecule has 104 valence electrons. The topological polar surface area (TPSA) is 26.3 Å². The van der Waals surface area contributed by atoms with Crippen molar-refractivity contribution in [3.63, 3.8) is 0 Å². The first-order valence-corrected chi connectivity index (χ1v) is 7.38. The van der Waals surface area contributed by atoms with Crippen LogP contribution < -0.4 is 4.74 Å². The number of aryl methyl sites for hydroxylation is 1. The van der Waals surface area contributed by atoms with Crippen LogP contribution in [0, 0.1) is 0 Å². The lowest BCUT2D eigenvalue weighted by Crippen LogP contribution is -2.03. The third kappa shape index (κ3) is 3.48. The molecule has 3 heteroatoms. The Balaban J connectivity index is 2.12. The van der Waals surface area contributed by atoms with E-state index < -0.39 is 0 Å². The van der Waals surface area contributed by atoms with E-state index in [1.807, 2.05) is 42.5 Å². The van der Waals surface area contributed by atoms with E-state index in [0.29, 0.717) is 6.42 Å². The van der Waals surface area contributed by atoms with Gasteiger partial charge in [0.05, 0.1) is 11.6 Å². The number of hydrogen-bond donors (Lipinski definition) is 0. The van der Waals surface area contributed by atoms with Crippen LogP contribution in [0.1, 0.15) is 28.4 Å². The molecule has 0 bridgehead atoms. The van der Waals surface area contributed by atoms with Gasteiger partial charge in [-0.15, -0.1) is 0 Å². The Kier molecular flexibility index (Phi) is 4.96. The van der Waals surface area contributed by atoms with E-state index in [0.717, 1.165) is 27.8 Å². The van der Waals surface area contributed by atoms with Gasteiger partial charge in [-0.3, -0.25) is 4.79 Å². The number of carbonyl (C=O) groups is 1. The van der Waals surface area contributed by atoms with Gasteiger partial charge in [-0.05, 0) is 45.6 Å². The zero-order valence-electron chi connectivity index (χ0n) is 11.7. The van der Waals surface area contributed by atoms with E-state index in [1.54, 1.807) is 7.11 Å². The van der Waals surface area contributed by atoms with E-state index in [4.69, 9.17) is 4.74 Å². The molecule has 0 amide bonds. The normalized spacial score (nSPS) is 10.3. The van der Waals surface area contributed by atoms with Gasteiger partial charge in [0.1, 0.15) is 5.75 Å². The molecule has 0 spiro atoms. The lowest BCUT2D eigenvalue weighted by Gasteiger charge is -2.06. The number of methoxy groups -OCH3 is 1. The lowest BCUT2D eigenvalue weighted by molar-refractivity contribution is 0.0993. The predicted octanol–water partition coefficient (Wildman–Crippen LogP) is 4.45. The second-order valence-electron chi connectivity index (χ2n) is 4.62.